The highest BCUT2D eigenvalue weighted by atomic mass is 32.2. The summed E-state index contributed by atoms with van der Waals surface area (Å²) in [6.07, 6.45) is -1.32. The highest BCUT2D eigenvalue weighted by Gasteiger charge is 2.48. The van der Waals surface area contributed by atoms with Crippen LogP contribution in [0.2, 0.25) is 0 Å². The molecule has 44 nitrogen and oxygen atoms in total. The maximum absolute atomic E-state index is 15.7. The first-order valence-corrected chi connectivity index (χ1v) is 46.0. The van der Waals surface area contributed by atoms with E-state index in [0.717, 1.165) is 41.0 Å². The first-order chi connectivity index (χ1) is 63.3. The number of nitrogens with zero attached hydrogens (tertiary/aromatic N) is 6. The van der Waals surface area contributed by atoms with Gasteiger partial charge in [0.05, 0.1) is 31.4 Å². The molecule has 0 radical (unpaired) electrons. The van der Waals surface area contributed by atoms with Gasteiger partial charge in [-0.05, 0) is 104 Å². The van der Waals surface area contributed by atoms with Crippen LogP contribution in [0.4, 0.5) is 0 Å². The number of para-hydroxylation sites is 1. The standard InChI is InChI=1S/C87H123N23O21S2/c1-7-9-23-64-78(123)98-56(21-15-31-94-87(91)92)75(120)104-63(74(119)96-41-71(90)116)45-132-46-72(117)97-58(34-48-27-29-51(113)30-28-48)81(126)105(4)47(3)73(118)100-60(38-70(89)115)84(129)108-32-16-25-65(108)79(124)102-61(39-88)76(121)99-57(22-17-33-111)83(128)109-42-52(114)37-68(109)86(131)110(93)67(36-49-40-95-55-20-13-11-18-53(49)55)80(125)103-62(43-112)77(122)101-59(35-50-44-133-69-26-14-12-19-54(50)69)82(127)107(6)66(24-10-8-2)85(130)106(64)5/h11-14,18-20,26-30,33,40,44,47,52,56-68,95,112-114H,7-10,15-17,21-25,31-32,34-39,41-43,45-46,88,93H2,1-6H3,(H2,89,115)(H2,90,116)(H,96,119)(H,97,117)(H,98,123)(H,99,121)(H,100,118)(H,101,122)(H,102,124)(H,103,125)(H,104,120)(H4,91,92,94)/t47-,52+,56-,57-,58-,59-,60-,61-,62-,63-,64-,65-,66-,67-,68-/m0/s1. The first-order valence-electron chi connectivity index (χ1n) is 44.0. The van der Waals surface area contributed by atoms with Crippen molar-refractivity contribution in [1.82, 2.24) is 87.7 Å². The normalized spacial score (nSPS) is 25.0. The number of likely N-dealkylation sites (N-methyl/N-ethyl adjacent to an activating group) is 3. The molecule has 3 aliphatic rings. The zero-order valence-electron chi connectivity index (χ0n) is 75.1. The molecule has 0 aliphatic carbocycles. The van der Waals surface area contributed by atoms with Crippen molar-refractivity contribution >= 4 is 157 Å². The fraction of sp³-hybridized carbons (Fsp3) is 0.529. The van der Waals surface area contributed by atoms with Crippen LogP contribution < -0.4 is 81.9 Å². The number of rotatable bonds is 26. The highest BCUT2D eigenvalue weighted by molar-refractivity contribution is 8.00. The van der Waals surface area contributed by atoms with Crippen molar-refractivity contribution in [3.8, 4) is 5.75 Å². The molecule has 25 N–H and O–H groups in total. The topological polar surface area (TPSA) is 677 Å². The number of unbranched alkanes of at least 4 members (excludes halogenated alkanes) is 2. The van der Waals surface area contributed by atoms with Gasteiger partial charge in [-0.1, -0.05) is 88.1 Å². The number of aromatic hydroxyl groups is 1. The molecule has 0 unspecified atom stereocenters. The number of guanidine groups is 1. The molecule has 0 bridgehead atoms. The van der Waals surface area contributed by atoms with E-state index < -0.39 is 267 Å². The third-order valence-corrected chi connectivity index (χ3v) is 25.6. The smallest absolute Gasteiger partial charge is 0.260 e. The third kappa shape index (κ3) is 29.0. The number of phenols is 1. The maximum atomic E-state index is 15.7. The summed E-state index contributed by atoms with van der Waals surface area (Å²) in [6, 6.07) is -3.39. The predicted molar refractivity (Wildman–Crippen MR) is 489 cm³/mol. The number of hydrogen-bond acceptors (Lipinski definition) is 26. The largest absolute Gasteiger partial charge is 0.508 e. The maximum Gasteiger partial charge on any atom is 0.260 e. The number of hydrazine groups is 1. The SMILES string of the molecule is CCCC[C@H]1C(=O)N(C)[C@@H](CCCC)C(=O)N[C@@H](CCCNC(=N)N)C(=O)N[C@H](C(=O)NCC(N)=O)CSCC(=O)N[C@@H](Cc2ccc(O)cc2)C(=O)N(C)[C@@H](C)C(=O)N[C@@H](CC(N)=O)C(=O)N2CCC[C@H]2C(=O)N[C@@H](CN)C(=O)N[C@@H](CCC=O)C(=O)N2C[C@H](O)C[C@H]2C(=O)N(N)[C@@H](Cc2c[nH]c3ccccc23)C(=O)N[C@@H](CO)C(=O)N[C@@H](Cc2csc3ccccc23)C(=O)N1C. The van der Waals surface area contributed by atoms with Gasteiger partial charge in [-0.15, -0.1) is 23.1 Å². The van der Waals surface area contributed by atoms with Crippen LogP contribution in [0.1, 0.15) is 127 Å². The molecular weight excluding hydrogens is 1770 g/mol. The Bertz CT molecular complexity index is 5020. The summed E-state index contributed by atoms with van der Waals surface area (Å²) in [6.45, 7) is 1.57. The number of thiophene rings is 1. The van der Waals surface area contributed by atoms with Crippen LogP contribution in [0.3, 0.4) is 0 Å². The molecule has 8 rings (SSSR count). The number of carbonyl (C=O) groups is 18. The molecule has 724 valence electrons. The Balaban J connectivity index is 1.20. The minimum Gasteiger partial charge on any atom is -0.508 e. The minimum atomic E-state index is -1.96. The number of fused-ring (bicyclic) bond motifs is 4. The zero-order chi connectivity index (χ0) is 97.6. The summed E-state index contributed by atoms with van der Waals surface area (Å²) in [5, 5.41) is 69.7. The number of nitrogens with one attached hydrogen (secondary N) is 12. The Morgan fingerprint density at radius 3 is 1.83 bits per heavy atom. The van der Waals surface area contributed by atoms with Gasteiger partial charge in [0.2, 0.25) is 94.5 Å². The molecule has 46 heteroatoms. The van der Waals surface area contributed by atoms with E-state index >= 15 is 33.6 Å². The number of hydrogen-bond donors (Lipinski definition) is 20. The number of carbonyl (C=O) groups excluding carboxylic acids is 18. The van der Waals surface area contributed by atoms with Crippen molar-refractivity contribution in [3.63, 3.8) is 0 Å². The fourth-order valence-electron chi connectivity index (χ4n) is 16.0. The van der Waals surface area contributed by atoms with Crippen LogP contribution in [-0.2, 0) is 106 Å². The van der Waals surface area contributed by atoms with Gasteiger partial charge in [-0.2, -0.15) is 0 Å². The number of nitrogens with two attached hydrogens (primary N) is 5. The van der Waals surface area contributed by atoms with E-state index in [1.807, 2.05) is 19.9 Å². The molecule has 3 aromatic carbocycles. The number of aldehydes is 1. The van der Waals surface area contributed by atoms with Crippen molar-refractivity contribution < 1.29 is 102 Å². The highest BCUT2D eigenvalue weighted by Crippen LogP contribution is 2.30. The van der Waals surface area contributed by atoms with Crippen LogP contribution in [0.25, 0.3) is 21.0 Å². The second-order valence-electron chi connectivity index (χ2n) is 33.1. The van der Waals surface area contributed by atoms with Crippen LogP contribution in [0.15, 0.2) is 84.4 Å². The van der Waals surface area contributed by atoms with Crippen molar-refractivity contribution in [2.75, 3.05) is 72.0 Å². The molecule has 133 heavy (non-hydrogen) atoms. The van der Waals surface area contributed by atoms with Gasteiger partial charge >= 0.3 is 0 Å². The number of aromatic nitrogens is 1. The van der Waals surface area contributed by atoms with Gasteiger partial charge in [0.1, 0.15) is 96.6 Å². The van der Waals surface area contributed by atoms with Crippen LogP contribution in [-0.4, -0.2) is 325 Å². The van der Waals surface area contributed by atoms with Crippen molar-refractivity contribution in [2.45, 2.75) is 221 Å². The molecule has 5 heterocycles. The Kier molecular flexibility index (Phi) is 40.1. The number of primary amides is 2. The first kappa shape index (κ1) is 105. The van der Waals surface area contributed by atoms with Crippen molar-refractivity contribution in [3.05, 3.63) is 101 Å². The van der Waals surface area contributed by atoms with E-state index in [0.29, 0.717) is 70.0 Å². The average molecular weight is 1890 g/mol. The van der Waals surface area contributed by atoms with E-state index in [1.54, 1.807) is 47.8 Å². The number of aliphatic hydroxyl groups excluding tert-OH is 2. The van der Waals surface area contributed by atoms with Gasteiger partial charge in [0.15, 0.2) is 5.96 Å². The molecule has 5 aromatic rings. The lowest BCUT2D eigenvalue weighted by molar-refractivity contribution is -0.150. The van der Waals surface area contributed by atoms with Gasteiger partial charge in [0, 0.05) is 107 Å². The lowest BCUT2D eigenvalue weighted by Gasteiger charge is -2.36. The lowest BCUT2D eigenvalue weighted by atomic mass is 10.00. The fourth-order valence-corrected chi connectivity index (χ4v) is 17.9. The molecule has 17 amide bonds. The second kappa shape index (κ2) is 50.6. The second-order valence-corrected chi connectivity index (χ2v) is 35.1. The summed E-state index contributed by atoms with van der Waals surface area (Å²) in [5.74, 6) is -11.9. The number of thioether (sulfide) groups is 1. The number of amides is 17. The molecule has 0 spiro atoms. The lowest BCUT2D eigenvalue weighted by Crippen LogP contribution is -2.63. The van der Waals surface area contributed by atoms with Crippen molar-refractivity contribution in [1.29, 1.82) is 5.41 Å². The average Bonchev–Trinajstić information content (AvgIpc) is 1.68. The monoisotopic (exact) mass is 1890 g/mol. The molecule has 3 fully saturated rings. The van der Waals surface area contributed by atoms with E-state index in [2.05, 4.69) is 58.2 Å². The summed E-state index contributed by atoms with van der Waals surface area (Å²) in [4.78, 5) is 269. The summed E-state index contributed by atoms with van der Waals surface area (Å²) in [7, 11) is 3.85. The Morgan fingerprint density at radius 1 is 0.579 bits per heavy atom. The van der Waals surface area contributed by atoms with Crippen LogP contribution in [0, 0.1) is 5.41 Å². The van der Waals surface area contributed by atoms with E-state index in [-0.39, 0.29) is 70.2 Å². The van der Waals surface area contributed by atoms with E-state index in [1.165, 1.54) is 69.9 Å². The quantitative estimate of drug-likeness (QED) is 0.00618. The Labute approximate surface area is 775 Å². The number of H-pyrrole nitrogens is 1. The van der Waals surface area contributed by atoms with Gasteiger partial charge in [0.25, 0.3) is 5.91 Å². The van der Waals surface area contributed by atoms with Gasteiger partial charge < -0.3 is 126 Å². The molecule has 3 aliphatic heterocycles. The molecular formula is C87H123N23O21S2. The molecule has 0 saturated carbocycles. The van der Waals surface area contributed by atoms with Crippen LogP contribution in [0.5, 0.6) is 5.75 Å². The molecule has 15 atom stereocenters. The number of phenolic OH excluding ortho intramolecular Hbond substituents is 1. The Hall–Kier alpha value is -12.9. The van der Waals surface area contributed by atoms with E-state index in [9.17, 15) is 68.1 Å². The predicted octanol–water partition coefficient (Wildman–Crippen LogP) is -4.68. The zero-order valence-corrected chi connectivity index (χ0v) is 76.7. The molecule has 2 aromatic heterocycles. The summed E-state index contributed by atoms with van der Waals surface area (Å²) in [5.41, 5.74) is 24.7. The van der Waals surface area contributed by atoms with Gasteiger partial charge in [-0.25, -0.2) is 5.84 Å². The Morgan fingerprint density at radius 2 is 1.17 bits per heavy atom. The summed E-state index contributed by atoms with van der Waals surface area (Å²) < 4.78 is 0.789. The number of aromatic amines is 1. The van der Waals surface area contributed by atoms with Crippen LogP contribution >= 0.6 is 23.1 Å². The minimum absolute atomic E-state index is 0.0228. The third-order valence-electron chi connectivity index (χ3n) is 23.6. The number of aliphatic hydroxyl groups is 2. The number of benzene rings is 3. The van der Waals surface area contributed by atoms with E-state index in [4.69, 9.17) is 34.2 Å². The van der Waals surface area contributed by atoms with Crippen molar-refractivity contribution in [2.24, 2.45) is 28.8 Å². The summed E-state index contributed by atoms with van der Waals surface area (Å²) >= 11 is 2.07. The molecule has 3 saturated heterocycles. The van der Waals surface area contributed by atoms with Gasteiger partial charge in [-0.3, -0.25) is 91.9 Å².